The van der Waals surface area contributed by atoms with Crippen molar-refractivity contribution >= 4 is 5.78 Å². The fourth-order valence-corrected chi connectivity index (χ4v) is 3.38. The van der Waals surface area contributed by atoms with Crippen molar-refractivity contribution in [2.45, 2.75) is 60.8 Å². The number of pyridine rings is 1. The quantitative estimate of drug-likeness (QED) is 0.359. The van der Waals surface area contributed by atoms with Gasteiger partial charge in [-0.05, 0) is 48.9 Å². The summed E-state index contributed by atoms with van der Waals surface area (Å²) in [7, 11) is 3.25. The molecule has 6 nitrogen and oxygen atoms in total. The summed E-state index contributed by atoms with van der Waals surface area (Å²) in [5, 5.41) is 17.4. The molecule has 190 valence electrons. The molecule has 0 aliphatic carbocycles. The summed E-state index contributed by atoms with van der Waals surface area (Å²) in [6.45, 7) is 14.1. The number of Topliss-reactive ketones (excluding diaryl/α,β-unsaturated/α-hetero) is 1. The Labute approximate surface area is 212 Å². The lowest BCUT2D eigenvalue weighted by Crippen LogP contribution is -2.13. The van der Waals surface area contributed by atoms with E-state index in [4.69, 9.17) is 10.5 Å². The molecule has 1 aliphatic rings. The number of methoxy groups -OCH3 is 1. The number of aromatic nitrogens is 1. The zero-order valence-corrected chi connectivity index (χ0v) is 22.8. The van der Waals surface area contributed by atoms with E-state index in [1.807, 2.05) is 57.7 Å². The predicted molar refractivity (Wildman–Crippen MR) is 143 cm³/mol. The minimum absolute atomic E-state index is 0.00555. The molecule has 0 spiro atoms. The van der Waals surface area contributed by atoms with Crippen LogP contribution in [0, 0.1) is 34.6 Å². The van der Waals surface area contributed by atoms with Crippen LogP contribution in [0.1, 0.15) is 75.9 Å². The second-order valence-electron chi connectivity index (χ2n) is 8.29. The summed E-state index contributed by atoms with van der Waals surface area (Å²) < 4.78 is 4.25. The Hall–Kier alpha value is -3.22. The second-order valence-corrected chi connectivity index (χ2v) is 8.29. The van der Waals surface area contributed by atoms with E-state index in [1.165, 1.54) is 6.42 Å². The first-order valence-corrected chi connectivity index (χ1v) is 12.4. The molecule has 2 heterocycles. The fraction of sp³-hybridized carbons (Fsp3) is 0.517. The Morgan fingerprint density at radius 2 is 1.89 bits per heavy atom. The summed E-state index contributed by atoms with van der Waals surface area (Å²) in [5.41, 5.74) is 3.92. The van der Waals surface area contributed by atoms with Gasteiger partial charge in [0.15, 0.2) is 12.0 Å². The van der Waals surface area contributed by atoms with E-state index in [9.17, 15) is 4.79 Å². The number of likely N-dealkylation sites (tertiary alicyclic amines) is 1. The Kier molecular flexibility index (Phi) is 16.5. The van der Waals surface area contributed by atoms with E-state index in [-0.39, 0.29) is 11.7 Å². The first kappa shape index (κ1) is 31.8. The molecule has 0 bridgehead atoms. The first-order valence-electron chi connectivity index (χ1n) is 12.4. The zero-order valence-electron chi connectivity index (χ0n) is 22.8. The summed E-state index contributed by atoms with van der Waals surface area (Å²) >= 11 is 0. The first-order chi connectivity index (χ1) is 16.8. The maximum Gasteiger partial charge on any atom is 0.179 e. The smallest absolute Gasteiger partial charge is 0.179 e. The van der Waals surface area contributed by atoms with Crippen molar-refractivity contribution in [2.75, 3.05) is 27.3 Å². The molecular formula is C29H42N4O2. The number of hydrogen-bond acceptors (Lipinski definition) is 6. The molecule has 2 unspecified atom stereocenters. The molecule has 3 rings (SSSR count). The molecule has 0 radical (unpaired) electrons. The number of carbonyl (C=O) groups excluding carboxylic acids is 1. The number of rotatable bonds is 5. The van der Waals surface area contributed by atoms with Crippen LogP contribution in [0.2, 0.25) is 0 Å². The average molecular weight is 479 g/mol. The third-order valence-electron chi connectivity index (χ3n) is 5.55. The minimum atomic E-state index is 0.00555. The molecular weight excluding hydrogens is 436 g/mol. The van der Waals surface area contributed by atoms with Gasteiger partial charge in [-0.3, -0.25) is 9.78 Å². The number of carbonyl (C=O) groups is 1. The van der Waals surface area contributed by atoms with Crippen molar-refractivity contribution in [1.82, 2.24) is 9.88 Å². The average Bonchev–Trinajstić information content (AvgIpc) is 3.34. The van der Waals surface area contributed by atoms with Crippen LogP contribution in [-0.2, 0) is 11.2 Å². The molecule has 2 aromatic rings. The van der Waals surface area contributed by atoms with Gasteiger partial charge in [0.05, 0.1) is 17.3 Å². The highest BCUT2D eigenvalue weighted by atomic mass is 16.4. The van der Waals surface area contributed by atoms with Gasteiger partial charge in [-0.2, -0.15) is 10.5 Å². The van der Waals surface area contributed by atoms with Gasteiger partial charge in [0.2, 0.25) is 0 Å². The fourth-order valence-electron chi connectivity index (χ4n) is 3.38. The van der Waals surface area contributed by atoms with Gasteiger partial charge in [0.25, 0.3) is 0 Å². The lowest BCUT2D eigenvalue weighted by Gasteiger charge is -2.13. The maximum absolute atomic E-state index is 12.6. The van der Waals surface area contributed by atoms with Crippen LogP contribution in [0.3, 0.4) is 0 Å². The lowest BCUT2D eigenvalue weighted by molar-refractivity contribution is 0.0926. The lowest BCUT2D eigenvalue weighted by atomic mass is 9.92. The van der Waals surface area contributed by atoms with Gasteiger partial charge in [0, 0.05) is 50.6 Å². The van der Waals surface area contributed by atoms with E-state index in [1.54, 1.807) is 32.5 Å². The number of nitrogens with zero attached hydrogens (tertiary/aromatic N) is 4. The molecule has 6 heteroatoms. The largest absolute Gasteiger partial charge is 0.388 e. The van der Waals surface area contributed by atoms with Crippen molar-refractivity contribution in [3.05, 3.63) is 53.2 Å². The number of hydrogen-bond donors (Lipinski definition) is 0. The number of nitriles is 2. The number of ketones is 1. The van der Waals surface area contributed by atoms with Crippen molar-refractivity contribution in [2.24, 2.45) is 11.8 Å². The molecule has 1 aromatic heterocycles. The van der Waals surface area contributed by atoms with E-state index >= 15 is 0 Å². The summed E-state index contributed by atoms with van der Waals surface area (Å²) in [5.74, 6) is 0.903. The third kappa shape index (κ3) is 10.7. The van der Waals surface area contributed by atoms with Gasteiger partial charge in [0.1, 0.15) is 0 Å². The number of aryl methyl sites for hydroxylation is 1. The maximum atomic E-state index is 12.6. The summed E-state index contributed by atoms with van der Waals surface area (Å²) in [6.07, 6.45) is 6.70. The van der Waals surface area contributed by atoms with Crippen molar-refractivity contribution in [1.29, 1.82) is 10.5 Å². The zero-order chi connectivity index (χ0) is 26.8. The highest BCUT2D eigenvalue weighted by Gasteiger charge is 2.18. The molecule has 35 heavy (non-hydrogen) atoms. The van der Waals surface area contributed by atoms with Crippen LogP contribution in [0.5, 0.6) is 0 Å². The van der Waals surface area contributed by atoms with Crippen molar-refractivity contribution in [3.8, 4) is 23.5 Å². The number of benzene rings is 1. The molecule has 1 fully saturated rings. The normalized spacial score (nSPS) is 14.5. The van der Waals surface area contributed by atoms with E-state index in [2.05, 4.69) is 28.9 Å². The molecule has 1 aromatic carbocycles. The molecule has 0 N–H and O–H groups in total. The van der Waals surface area contributed by atoms with Crippen molar-refractivity contribution in [3.63, 3.8) is 0 Å². The van der Waals surface area contributed by atoms with Gasteiger partial charge < -0.3 is 9.64 Å². The second kappa shape index (κ2) is 18.2. The highest BCUT2D eigenvalue weighted by Crippen LogP contribution is 2.24. The SMILES string of the molecule is CC.CC1CCN(C#N)C1.CCc1cnc(-c2cccc(C#N)c2)cc1C(=O)C(C)CC.COC. The van der Waals surface area contributed by atoms with Gasteiger partial charge in [-0.1, -0.05) is 53.7 Å². The Balaban J connectivity index is 0.000000734. The molecule has 1 saturated heterocycles. The summed E-state index contributed by atoms with van der Waals surface area (Å²) in [6, 6.07) is 11.3. The molecule has 0 amide bonds. The minimum Gasteiger partial charge on any atom is -0.388 e. The topological polar surface area (TPSA) is 90.0 Å². The van der Waals surface area contributed by atoms with Crippen molar-refractivity contribution < 1.29 is 9.53 Å². The van der Waals surface area contributed by atoms with Crippen LogP contribution >= 0.6 is 0 Å². The van der Waals surface area contributed by atoms with Crippen LogP contribution in [0.25, 0.3) is 11.3 Å². The van der Waals surface area contributed by atoms with Crippen LogP contribution in [-0.4, -0.2) is 43.0 Å². The van der Waals surface area contributed by atoms with E-state index in [0.717, 1.165) is 54.2 Å². The summed E-state index contributed by atoms with van der Waals surface area (Å²) in [4.78, 5) is 18.9. The predicted octanol–water partition coefficient (Wildman–Crippen LogP) is 6.51. The molecule has 2 atom stereocenters. The molecule has 1 aliphatic heterocycles. The van der Waals surface area contributed by atoms with Crippen LogP contribution in [0.4, 0.5) is 0 Å². The van der Waals surface area contributed by atoms with Crippen LogP contribution < -0.4 is 0 Å². The van der Waals surface area contributed by atoms with Gasteiger partial charge in [-0.15, -0.1) is 0 Å². The Morgan fingerprint density at radius 1 is 1.23 bits per heavy atom. The number of ether oxygens (including phenoxy) is 1. The Morgan fingerprint density at radius 3 is 2.34 bits per heavy atom. The monoisotopic (exact) mass is 478 g/mol. The van der Waals surface area contributed by atoms with Crippen LogP contribution in [0.15, 0.2) is 36.5 Å². The molecule has 0 saturated carbocycles. The van der Waals surface area contributed by atoms with E-state index < -0.39 is 0 Å². The third-order valence-corrected chi connectivity index (χ3v) is 5.55. The van der Waals surface area contributed by atoms with Gasteiger partial charge >= 0.3 is 0 Å². The highest BCUT2D eigenvalue weighted by molar-refractivity contribution is 5.99. The Bertz CT molecular complexity index is 975. The van der Waals surface area contributed by atoms with Gasteiger partial charge in [-0.25, -0.2) is 0 Å². The van der Waals surface area contributed by atoms with E-state index in [0.29, 0.717) is 5.56 Å². The standard InChI is InChI=1S/C19H20N2O.C6H10N2.C2H6O.C2H6/c1-4-13(3)19(22)17-10-18(21-12-15(17)5-2)16-8-6-7-14(9-16)11-20;1-6-2-3-8(4-6)5-7;1-3-2;1-2/h6-10,12-13H,4-5H2,1-3H3;6H,2-4H2,1H3;1-2H3;1-2H3.